The molecule has 1 fully saturated rings. The summed E-state index contributed by atoms with van der Waals surface area (Å²) in [6.45, 7) is 3.00. The van der Waals surface area contributed by atoms with Crippen LogP contribution in [-0.2, 0) is 25.9 Å². The first-order valence-corrected chi connectivity index (χ1v) is 9.46. The maximum Gasteiger partial charge on any atom is 0.240 e. The maximum absolute atomic E-state index is 12.6. The fraction of sp³-hybridized carbons (Fsp3) is 0.562. The van der Waals surface area contributed by atoms with Crippen molar-refractivity contribution in [3.63, 3.8) is 0 Å². The second-order valence-corrected chi connectivity index (χ2v) is 8.18. The average molecular weight is 325 g/mol. The molecule has 2 rings (SSSR count). The number of carbonyl (C=O) groups is 1. The lowest BCUT2D eigenvalue weighted by molar-refractivity contribution is -0.132. The van der Waals surface area contributed by atoms with Crippen molar-refractivity contribution in [2.75, 3.05) is 19.4 Å². The monoisotopic (exact) mass is 325 g/mol. The number of nitrogens with zero attached hydrogens (tertiary/aromatic N) is 1. The van der Waals surface area contributed by atoms with Crippen LogP contribution >= 0.6 is 0 Å². The van der Waals surface area contributed by atoms with Gasteiger partial charge in [-0.1, -0.05) is 30.3 Å². The fourth-order valence-electron chi connectivity index (χ4n) is 2.51. The topological polar surface area (TPSA) is 63.7 Å². The fourth-order valence-corrected chi connectivity index (χ4v) is 3.03. The van der Waals surface area contributed by atoms with Crippen LogP contribution in [0.5, 0.6) is 0 Å². The van der Waals surface area contributed by atoms with Crippen LogP contribution in [0.15, 0.2) is 30.3 Å². The number of amides is 1. The summed E-state index contributed by atoms with van der Waals surface area (Å²) < 4.78 is 29.0. The maximum atomic E-state index is 12.6. The lowest BCUT2D eigenvalue weighted by atomic mass is 10.1. The Balaban J connectivity index is 2.14. The normalized spacial score (nSPS) is 19.8. The van der Waals surface area contributed by atoms with Gasteiger partial charge in [-0.05, 0) is 25.3 Å². The van der Waals surface area contributed by atoms with Gasteiger partial charge in [0.1, 0.15) is 5.25 Å². The molecule has 0 aromatic heterocycles. The summed E-state index contributed by atoms with van der Waals surface area (Å²) in [7, 11) is -3.40. The number of rotatable bonds is 6. The minimum atomic E-state index is -3.40. The van der Waals surface area contributed by atoms with Gasteiger partial charge >= 0.3 is 0 Å². The van der Waals surface area contributed by atoms with E-state index in [4.69, 9.17) is 4.74 Å². The molecule has 0 saturated carbocycles. The van der Waals surface area contributed by atoms with Gasteiger partial charge in [0.15, 0.2) is 9.84 Å². The zero-order valence-electron chi connectivity index (χ0n) is 13.1. The van der Waals surface area contributed by atoms with Gasteiger partial charge in [-0.3, -0.25) is 4.79 Å². The van der Waals surface area contributed by atoms with Gasteiger partial charge in [0.25, 0.3) is 0 Å². The average Bonchev–Trinajstić information content (AvgIpc) is 2.98. The van der Waals surface area contributed by atoms with Gasteiger partial charge in [-0.15, -0.1) is 0 Å². The lowest BCUT2D eigenvalue weighted by Gasteiger charge is -2.27. The van der Waals surface area contributed by atoms with Crippen LogP contribution in [0.25, 0.3) is 0 Å². The van der Waals surface area contributed by atoms with E-state index in [1.54, 1.807) is 4.90 Å². The molecule has 5 nitrogen and oxygen atoms in total. The van der Waals surface area contributed by atoms with Crippen LogP contribution in [0.1, 0.15) is 25.3 Å². The quantitative estimate of drug-likeness (QED) is 0.797. The standard InChI is InChI=1S/C16H23NO4S/c1-13(22(2,19)20)16(18)17(12-15-9-6-10-21-15)11-14-7-4-3-5-8-14/h3-5,7-8,13,15H,6,9-12H2,1-2H3. The van der Waals surface area contributed by atoms with Crippen molar-refractivity contribution in [1.29, 1.82) is 0 Å². The Morgan fingerprint density at radius 2 is 2.05 bits per heavy atom. The van der Waals surface area contributed by atoms with Gasteiger partial charge in [0, 0.05) is 26.0 Å². The zero-order valence-corrected chi connectivity index (χ0v) is 13.9. The summed E-state index contributed by atoms with van der Waals surface area (Å²) in [5.41, 5.74) is 0.981. The van der Waals surface area contributed by atoms with E-state index in [0.717, 1.165) is 24.7 Å². The Bertz CT molecular complexity index is 594. The highest BCUT2D eigenvalue weighted by atomic mass is 32.2. The van der Waals surface area contributed by atoms with E-state index in [1.807, 2.05) is 30.3 Å². The first kappa shape index (κ1) is 17.0. The number of hydrogen-bond acceptors (Lipinski definition) is 4. The minimum absolute atomic E-state index is 0.000535. The number of carbonyl (C=O) groups excluding carboxylic acids is 1. The second kappa shape index (κ2) is 7.24. The van der Waals surface area contributed by atoms with Gasteiger partial charge in [-0.25, -0.2) is 8.42 Å². The molecule has 122 valence electrons. The molecule has 1 saturated heterocycles. The third-order valence-corrected chi connectivity index (χ3v) is 5.45. The molecule has 1 aromatic rings. The van der Waals surface area contributed by atoms with E-state index < -0.39 is 15.1 Å². The van der Waals surface area contributed by atoms with Crippen molar-refractivity contribution in [3.05, 3.63) is 35.9 Å². The van der Waals surface area contributed by atoms with Crippen LogP contribution in [0.2, 0.25) is 0 Å². The minimum Gasteiger partial charge on any atom is -0.376 e. The Kier molecular flexibility index (Phi) is 5.58. The Morgan fingerprint density at radius 1 is 1.36 bits per heavy atom. The largest absolute Gasteiger partial charge is 0.376 e. The molecule has 1 aromatic carbocycles. The summed E-state index contributed by atoms with van der Waals surface area (Å²) >= 11 is 0. The molecule has 0 radical (unpaired) electrons. The SMILES string of the molecule is CC(C(=O)N(Cc1ccccc1)CC1CCCO1)S(C)(=O)=O. The highest BCUT2D eigenvalue weighted by Crippen LogP contribution is 2.17. The first-order chi connectivity index (χ1) is 10.4. The number of hydrogen-bond donors (Lipinski definition) is 0. The molecule has 0 bridgehead atoms. The molecular weight excluding hydrogens is 302 g/mol. The number of ether oxygens (including phenoxy) is 1. The van der Waals surface area contributed by atoms with E-state index in [2.05, 4.69) is 0 Å². The van der Waals surface area contributed by atoms with Crippen molar-refractivity contribution >= 4 is 15.7 Å². The number of sulfone groups is 1. The van der Waals surface area contributed by atoms with E-state index in [-0.39, 0.29) is 12.0 Å². The first-order valence-electron chi connectivity index (χ1n) is 7.51. The van der Waals surface area contributed by atoms with Crippen molar-refractivity contribution in [2.45, 2.75) is 37.7 Å². The third-order valence-electron chi connectivity index (χ3n) is 3.97. The van der Waals surface area contributed by atoms with Gasteiger partial charge < -0.3 is 9.64 Å². The summed E-state index contributed by atoms with van der Waals surface area (Å²) in [5, 5.41) is -1.03. The van der Waals surface area contributed by atoms with Gasteiger partial charge in [0.05, 0.1) is 6.10 Å². The predicted octanol–water partition coefficient (Wildman–Crippen LogP) is 1.63. The van der Waals surface area contributed by atoms with Crippen molar-refractivity contribution in [3.8, 4) is 0 Å². The molecule has 0 spiro atoms. The molecule has 0 aliphatic carbocycles. The number of benzene rings is 1. The molecule has 1 aliphatic heterocycles. The summed E-state index contributed by atoms with van der Waals surface area (Å²) in [4.78, 5) is 14.2. The molecule has 22 heavy (non-hydrogen) atoms. The Hall–Kier alpha value is -1.40. The van der Waals surface area contributed by atoms with Crippen molar-refractivity contribution < 1.29 is 17.9 Å². The van der Waals surface area contributed by atoms with E-state index in [1.165, 1.54) is 6.92 Å². The molecule has 0 N–H and O–H groups in total. The van der Waals surface area contributed by atoms with Gasteiger partial charge in [0.2, 0.25) is 5.91 Å². The second-order valence-electron chi connectivity index (χ2n) is 5.81. The molecule has 1 heterocycles. The Morgan fingerprint density at radius 3 is 2.59 bits per heavy atom. The molecule has 2 unspecified atom stereocenters. The zero-order chi connectivity index (χ0) is 16.2. The molecule has 6 heteroatoms. The molecule has 1 amide bonds. The van der Waals surface area contributed by atoms with Crippen LogP contribution in [-0.4, -0.2) is 50.0 Å². The smallest absolute Gasteiger partial charge is 0.240 e. The molecule has 1 aliphatic rings. The Labute approximate surface area is 132 Å². The lowest BCUT2D eigenvalue weighted by Crippen LogP contribution is -2.44. The predicted molar refractivity (Wildman–Crippen MR) is 85.1 cm³/mol. The van der Waals surface area contributed by atoms with E-state index in [9.17, 15) is 13.2 Å². The highest BCUT2D eigenvalue weighted by molar-refractivity contribution is 7.92. The van der Waals surface area contributed by atoms with Crippen LogP contribution < -0.4 is 0 Å². The third kappa shape index (κ3) is 4.55. The van der Waals surface area contributed by atoms with Crippen LogP contribution in [0, 0.1) is 0 Å². The highest BCUT2D eigenvalue weighted by Gasteiger charge is 2.30. The molecule has 2 atom stereocenters. The van der Waals surface area contributed by atoms with Crippen LogP contribution in [0.4, 0.5) is 0 Å². The van der Waals surface area contributed by atoms with E-state index in [0.29, 0.717) is 19.7 Å². The van der Waals surface area contributed by atoms with Crippen molar-refractivity contribution in [1.82, 2.24) is 4.90 Å². The van der Waals surface area contributed by atoms with Crippen molar-refractivity contribution in [2.24, 2.45) is 0 Å². The summed E-state index contributed by atoms with van der Waals surface area (Å²) in [6, 6.07) is 9.59. The summed E-state index contributed by atoms with van der Waals surface area (Å²) in [6.07, 6.45) is 2.99. The van der Waals surface area contributed by atoms with Crippen LogP contribution in [0.3, 0.4) is 0 Å². The molecular formula is C16H23NO4S. The van der Waals surface area contributed by atoms with Gasteiger partial charge in [-0.2, -0.15) is 0 Å². The summed E-state index contributed by atoms with van der Waals surface area (Å²) in [5.74, 6) is -0.359. The van der Waals surface area contributed by atoms with E-state index >= 15 is 0 Å².